The van der Waals surface area contributed by atoms with E-state index in [1.165, 1.54) is 0 Å². The monoisotopic (exact) mass is 978 g/mol. The molecule has 0 spiro atoms. The van der Waals surface area contributed by atoms with E-state index in [-0.39, 0.29) is 50.6 Å². The van der Waals surface area contributed by atoms with Crippen molar-refractivity contribution in [2.75, 3.05) is 19.8 Å². The molecule has 6 aromatic carbocycles. The summed E-state index contributed by atoms with van der Waals surface area (Å²) in [7, 11) is 0. The molecule has 0 radical (unpaired) electrons. The van der Waals surface area contributed by atoms with Crippen LogP contribution in [0.25, 0.3) is 0 Å². The predicted molar refractivity (Wildman–Crippen MR) is 267 cm³/mol. The largest absolute Gasteiger partial charge is 0.453 e. The molecule has 1 N–H and O–H groups in total. The van der Waals surface area contributed by atoms with E-state index in [4.69, 9.17) is 47.4 Å². The number of carbonyl (C=O) groups is 2. The Morgan fingerprint density at radius 3 is 1.26 bits per heavy atom. The van der Waals surface area contributed by atoms with E-state index in [9.17, 15) is 14.7 Å². The lowest BCUT2D eigenvalue weighted by molar-refractivity contribution is -0.363. The maximum absolute atomic E-state index is 14.2. The molecule has 0 bridgehead atoms. The summed E-state index contributed by atoms with van der Waals surface area (Å²) in [6.07, 6.45) is -9.92. The van der Waals surface area contributed by atoms with Gasteiger partial charge in [0.25, 0.3) is 0 Å². The Bertz CT molecular complexity index is 2500. The van der Waals surface area contributed by atoms with Gasteiger partial charge >= 0.3 is 11.9 Å². The van der Waals surface area contributed by atoms with Gasteiger partial charge in [0.15, 0.2) is 24.8 Å². The summed E-state index contributed by atoms with van der Waals surface area (Å²) in [6.45, 7) is 5.22. The van der Waals surface area contributed by atoms with E-state index in [0.717, 1.165) is 22.3 Å². The highest BCUT2D eigenvalue weighted by atomic mass is 16.8. The Morgan fingerprint density at radius 1 is 0.458 bits per heavy atom. The minimum Gasteiger partial charge on any atom is -0.453 e. The second kappa shape index (κ2) is 27.5. The fourth-order valence-corrected chi connectivity index (χ4v) is 8.61. The van der Waals surface area contributed by atoms with Gasteiger partial charge in [-0.15, -0.1) is 6.58 Å². The first-order valence-corrected chi connectivity index (χ1v) is 24.4. The zero-order valence-corrected chi connectivity index (χ0v) is 40.1. The van der Waals surface area contributed by atoms with Crippen molar-refractivity contribution < 1.29 is 62.1 Å². The van der Waals surface area contributed by atoms with Crippen LogP contribution in [0.15, 0.2) is 195 Å². The van der Waals surface area contributed by atoms with Crippen LogP contribution in [0.2, 0.25) is 0 Å². The summed E-state index contributed by atoms with van der Waals surface area (Å²) in [5, 5.41) is 12.7. The normalized spacial score (nSPS) is 24.0. The van der Waals surface area contributed by atoms with Crippen molar-refractivity contribution >= 4 is 11.9 Å². The average Bonchev–Trinajstić information content (AvgIpc) is 3.43. The fraction of sp³-hybridized carbons (Fsp3) is 0.322. The summed E-state index contributed by atoms with van der Waals surface area (Å²) < 4.78 is 65.4. The number of benzene rings is 6. The molecule has 0 amide bonds. The van der Waals surface area contributed by atoms with Crippen LogP contribution in [0.1, 0.15) is 55.8 Å². The van der Waals surface area contributed by atoms with Crippen molar-refractivity contribution in [3.05, 3.63) is 228 Å². The zero-order chi connectivity index (χ0) is 49.7. The molecule has 10 atom stereocenters. The number of ether oxygens (including phenoxy) is 10. The number of aliphatic hydroxyl groups is 1. The summed E-state index contributed by atoms with van der Waals surface area (Å²) >= 11 is 0. The minimum absolute atomic E-state index is 0.0229. The lowest BCUT2D eigenvalue weighted by Gasteiger charge is -2.49. The lowest BCUT2D eigenvalue weighted by atomic mass is 9.94. The Kier molecular flexibility index (Phi) is 19.8. The maximum Gasteiger partial charge on any atom is 0.338 e. The Labute approximate surface area is 421 Å². The SMILES string of the molecule is C=CCO[C@@H]1O[C@H](CCOCc2ccccc2)[C@@H](OCc2ccccc2)[C@H](O[C@@H]2O[C@H](CCOCc3ccccc3)[C@@H](OCc3ccccc3)[C@H](OC(=O)c3ccccc3)[C@H]2O)[C@H]1OC(=O)c1ccccc1. The van der Waals surface area contributed by atoms with Gasteiger partial charge in [0.1, 0.15) is 24.4 Å². The number of hydrogen-bond donors (Lipinski definition) is 1. The van der Waals surface area contributed by atoms with Gasteiger partial charge in [-0.3, -0.25) is 0 Å². The van der Waals surface area contributed by atoms with Crippen LogP contribution in [-0.4, -0.2) is 98.3 Å². The van der Waals surface area contributed by atoms with Gasteiger partial charge in [-0.2, -0.15) is 0 Å². The van der Waals surface area contributed by atoms with Crippen LogP contribution >= 0.6 is 0 Å². The van der Waals surface area contributed by atoms with Crippen LogP contribution in [-0.2, 0) is 73.8 Å². The maximum atomic E-state index is 14.2. The van der Waals surface area contributed by atoms with Gasteiger partial charge in [0.05, 0.1) is 56.4 Å². The van der Waals surface area contributed by atoms with Gasteiger partial charge in [-0.1, -0.05) is 164 Å². The average molecular weight is 979 g/mol. The molecule has 13 nitrogen and oxygen atoms in total. The molecular weight excluding hydrogens is 917 g/mol. The van der Waals surface area contributed by atoms with Crippen molar-refractivity contribution in [1.29, 1.82) is 0 Å². The van der Waals surface area contributed by atoms with E-state index >= 15 is 0 Å². The highest BCUT2D eigenvalue weighted by molar-refractivity contribution is 5.90. The van der Waals surface area contributed by atoms with Gasteiger partial charge in [-0.05, 0) is 59.4 Å². The van der Waals surface area contributed by atoms with Crippen LogP contribution in [0.3, 0.4) is 0 Å². The van der Waals surface area contributed by atoms with Crippen LogP contribution in [0, 0.1) is 0 Å². The Hall–Kier alpha value is -6.36. The highest BCUT2D eigenvalue weighted by Gasteiger charge is 2.55. The van der Waals surface area contributed by atoms with Gasteiger partial charge in [0, 0.05) is 13.2 Å². The van der Waals surface area contributed by atoms with Crippen LogP contribution < -0.4 is 0 Å². The third-order valence-corrected chi connectivity index (χ3v) is 12.3. The predicted octanol–water partition coefficient (Wildman–Crippen LogP) is 9.22. The Balaban J connectivity index is 1.16. The van der Waals surface area contributed by atoms with E-state index in [1.807, 2.05) is 121 Å². The molecule has 0 unspecified atom stereocenters. The highest BCUT2D eigenvalue weighted by Crippen LogP contribution is 2.37. The summed E-state index contributed by atoms with van der Waals surface area (Å²) in [6, 6.07) is 55.8. The van der Waals surface area contributed by atoms with E-state index < -0.39 is 73.4 Å². The summed E-state index contributed by atoms with van der Waals surface area (Å²) in [5.74, 6) is -1.37. The van der Waals surface area contributed by atoms with Crippen molar-refractivity contribution in [2.45, 2.75) is 101 Å². The molecule has 0 aliphatic carbocycles. The molecule has 6 aromatic rings. The molecule has 0 aromatic heterocycles. The van der Waals surface area contributed by atoms with E-state index in [2.05, 4.69) is 6.58 Å². The quantitative estimate of drug-likeness (QED) is 0.0331. The first-order valence-electron chi connectivity index (χ1n) is 24.4. The first kappa shape index (κ1) is 52.0. The first-order chi connectivity index (χ1) is 35.4. The zero-order valence-electron chi connectivity index (χ0n) is 40.1. The van der Waals surface area contributed by atoms with Crippen LogP contribution in [0.5, 0.6) is 0 Å². The van der Waals surface area contributed by atoms with Crippen molar-refractivity contribution in [1.82, 2.24) is 0 Å². The van der Waals surface area contributed by atoms with E-state index in [0.29, 0.717) is 19.6 Å². The molecule has 8 rings (SSSR count). The molecule has 2 saturated heterocycles. The summed E-state index contributed by atoms with van der Waals surface area (Å²) in [4.78, 5) is 28.2. The van der Waals surface area contributed by atoms with E-state index in [1.54, 1.807) is 66.7 Å². The molecule has 376 valence electrons. The second-order valence-electron chi connectivity index (χ2n) is 17.4. The summed E-state index contributed by atoms with van der Waals surface area (Å²) in [5.41, 5.74) is 4.23. The molecular formula is C59H62O13. The number of esters is 2. The third-order valence-electron chi connectivity index (χ3n) is 12.3. The molecule has 2 heterocycles. The molecule has 2 aliphatic rings. The smallest absolute Gasteiger partial charge is 0.338 e. The topological polar surface area (TPSA) is 147 Å². The number of carbonyl (C=O) groups excluding carboxylic acids is 2. The fourth-order valence-electron chi connectivity index (χ4n) is 8.61. The molecule has 72 heavy (non-hydrogen) atoms. The molecule has 0 saturated carbocycles. The lowest BCUT2D eigenvalue weighted by Crippen LogP contribution is -2.66. The molecule has 2 aliphatic heterocycles. The Morgan fingerprint density at radius 2 is 0.833 bits per heavy atom. The van der Waals surface area contributed by atoms with Crippen molar-refractivity contribution in [2.24, 2.45) is 0 Å². The third kappa shape index (κ3) is 14.9. The van der Waals surface area contributed by atoms with Crippen LogP contribution in [0.4, 0.5) is 0 Å². The molecule has 2 fully saturated rings. The van der Waals surface area contributed by atoms with Crippen molar-refractivity contribution in [3.8, 4) is 0 Å². The van der Waals surface area contributed by atoms with Crippen molar-refractivity contribution in [3.63, 3.8) is 0 Å². The second-order valence-corrected chi connectivity index (χ2v) is 17.4. The number of rotatable bonds is 25. The molecule has 13 heteroatoms. The number of aliphatic hydroxyl groups excluding tert-OH is 1. The van der Waals surface area contributed by atoms with Gasteiger partial charge in [-0.25, -0.2) is 9.59 Å². The minimum atomic E-state index is -1.66. The van der Waals surface area contributed by atoms with Gasteiger partial charge in [0.2, 0.25) is 0 Å². The van der Waals surface area contributed by atoms with Gasteiger partial charge < -0.3 is 52.5 Å². The number of hydrogen-bond acceptors (Lipinski definition) is 13. The standard InChI is InChI=1S/C59H62O13/c1-2-35-65-59-55(71-57(62)47-31-19-8-20-32-47)54(52(67-41-45-27-15-6-16-28-45)49(69-59)34-37-64-39-43-23-11-4-12-24-43)72-58-50(60)53(70-56(61)46-29-17-7-18-30-46)51(66-40-44-25-13-5-14-26-44)48(68-58)33-36-63-38-42-21-9-3-10-22-42/h2-32,48-55,58-60H,1,33-41H2/t48-,49-,50-,51-,52-,53-,54+,55-,58+,59-/m1/s1.